The van der Waals surface area contributed by atoms with Gasteiger partial charge in [0.1, 0.15) is 6.61 Å². The Kier molecular flexibility index (Phi) is 4.65. The summed E-state index contributed by atoms with van der Waals surface area (Å²) in [6.07, 6.45) is -1.78. The van der Waals surface area contributed by atoms with Gasteiger partial charge >= 0.3 is 6.18 Å². The first-order chi connectivity index (χ1) is 11.5. The molecule has 0 unspecified atom stereocenters. The molecule has 0 amide bonds. The number of nitrogens with zero attached hydrogens (tertiary/aromatic N) is 5. The number of hydrogen-bond donors (Lipinski definition) is 1. The molecule has 0 aliphatic carbocycles. The van der Waals surface area contributed by atoms with E-state index >= 15 is 0 Å². The van der Waals surface area contributed by atoms with Crippen molar-refractivity contribution in [2.75, 3.05) is 18.6 Å². The Bertz CT molecular complexity index is 672. The van der Waals surface area contributed by atoms with Crippen molar-refractivity contribution < 1.29 is 17.9 Å². The van der Waals surface area contributed by atoms with Crippen LogP contribution >= 0.6 is 0 Å². The molecule has 2 aromatic rings. The Morgan fingerprint density at radius 3 is 2.79 bits per heavy atom. The lowest BCUT2D eigenvalue weighted by atomic mass is 10.0. The van der Waals surface area contributed by atoms with Gasteiger partial charge in [-0.2, -0.15) is 18.3 Å². The minimum absolute atomic E-state index is 0.147. The topological polar surface area (TPSA) is 79.8 Å². The number of hydrogen-bond acceptors (Lipinski definition) is 6. The quantitative estimate of drug-likeness (QED) is 0.920. The predicted molar refractivity (Wildman–Crippen MR) is 78.1 cm³/mol. The van der Waals surface area contributed by atoms with Crippen molar-refractivity contribution in [3.8, 4) is 0 Å². The number of alkyl halides is 3. The highest BCUT2D eigenvalue weighted by molar-refractivity contribution is 5.40. The number of aromatic amines is 1. The molecule has 3 rings (SSSR count). The molecule has 3 heterocycles. The summed E-state index contributed by atoms with van der Waals surface area (Å²) >= 11 is 0. The van der Waals surface area contributed by atoms with Crippen LogP contribution in [-0.4, -0.2) is 39.0 Å². The molecule has 0 spiro atoms. The third-order valence-electron chi connectivity index (χ3n) is 3.87. The average Bonchev–Trinajstić information content (AvgIpc) is 3.03. The van der Waals surface area contributed by atoms with Gasteiger partial charge in [0.2, 0.25) is 0 Å². The summed E-state index contributed by atoms with van der Waals surface area (Å²) in [5, 5.41) is 14.1. The molecule has 7 nitrogen and oxygen atoms in total. The summed E-state index contributed by atoms with van der Waals surface area (Å²) in [6, 6.07) is 2.14. The smallest absolute Gasteiger partial charge is 0.377 e. The number of nitrogens with one attached hydrogen (secondary N) is 1. The zero-order chi connectivity index (χ0) is 17.2. The Morgan fingerprint density at radius 1 is 1.29 bits per heavy atom. The van der Waals surface area contributed by atoms with Crippen molar-refractivity contribution in [1.82, 2.24) is 25.4 Å². The maximum atomic E-state index is 12.6. The molecule has 1 aliphatic rings. The normalized spacial score (nSPS) is 18.8. The summed E-state index contributed by atoms with van der Waals surface area (Å²) in [6.45, 7) is 0.985. The fraction of sp³-hybridized carbons (Fsp3) is 0.571. The minimum Gasteiger partial charge on any atom is -0.377 e. The number of H-pyrrole nitrogens is 1. The maximum absolute atomic E-state index is 12.6. The van der Waals surface area contributed by atoms with Crippen molar-refractivity contribution in [2.45, 2.75) is 38.1 Å². The van der Waals surface area contributed by atoms with E-state index in [1.165, 1.54) is 6.07 Å². The first-order valence-electron chi connectivity index (χ1n) is 7.56. The van der Waals surface area contributed by atoms with E-state index in [0.29, 0.717) is 30.6 Å². The largest absolute Gasteiger partial charge is 0.435 e. The van der Waals surface area contributed by atoms with E-state index in [9.17, 15) is 13.2 Å². The summed E-state index contributed by atoms with van der Waals surface area (Å²) in [5.74, 6) is 1.59. The lowest BCUT2D eigenvalue weighted by Gasteiger charge is -2.34. The van der Waals surface area contributed by atoms with E-state index in [2.05, 4.69) is 25.4 Å². The summed E-state index contributed by atoms with van der Waals surface area (Å²) in [7, 11) is 1.56. The molecule has 1 saturated heterocycles. The van der Waals surface area contributed by atoms with Crippen LogP contribution in [0.1, 0.15) is 42.6 Å². The molecular weight excluding hydrogens is 325 g/mol. The first kappa shape index (κ1) is 16.6. The molecule has 1 N–H and O–H groups in total. The molecular formula is C14H17F3N6O. The van der Waals surface area contributed by atoms with Crippen molar-refractivity contribution in [2.24, 2.45) is 0 Å². The minimum atomic E-state index is -4.49. The molecule has 1 aliphatic heterocycles. The van der Waals surface area contributed by atoms with Crippen LogP contribution in [0.25, 0.3) is 0 Å². The van der Waals surface area contributed by atoms with Gasteiger partial charge in [0.05, 0.1) is 6.04 Å². The van der Waals surface area contributed by atoms with Crippen LogP contribution in [0.5, 0.6) is 0 Å². The standard InChI is InChI=1S/C14H17F3N6O/c1-24-8-11-18-13(22-20-11)9-4-2-3-7-23(9)12-6-5-10(19-21-12)14(15,16)17/h5-6,9H,2-4,7-8H2,1H3,(H,18,20,22)/t9-/m0/s1. The van der Waals surface area contributed by atoms with Crippen molar-refractivity contribution >= 4 is 5.82 Å². The lowest BCUT2D eigenvalue weighted by molar-refractivity contribution is -0.141. The van der Waals surface area contributed by atoms with Gasteiger partial charge < -0.3 is 9.64 Å². The van der Waals surface area contributed by atoms with Gasteiger partial charge in [-0.15, -0.1) is 10.2 Å². The SMILES string of the molecule is COCc1nc([C@@H]2CCCCN2c2ccc(C(F)(F)F)nn2)n[nH]1. The van der Waals surface area contributed by atoms with Crippen LogP contribution in [0.3, 0.4) is 0 Å². The fourth-order valence-corrected chi connectivity index (χ4v) is 2.76. The zero-order valence-electron chi connectivity index (χ0n) is 13.0. The van der Waals surface area contributed by atoms with Crippen molar-refractivity contribution in [3.05, 3.63) is 29.5 Å². The van der Waals surface area contributed by atoms with Gasteiger partial charge in [-0.1, -0.05) is 0 Å². The summed E-state index contributed by atoms with van der Waals surface area (Å²) in [5.41, 5.74) is -1.000. The predicted octanol–water partition coefficient (Wildman–Crippen LogP) is 2.49. The number of ether oxygens (including phenoxy) is 1. The number of anilines is 1. The van der Waals surface area contributed by atoms with Gasteiger partial charge in [0.15, 0.2) is 23.2 Å². The van der Waals surface area contributed by atoms with Crippen molar-refractivity contribution in [1.29, 1.82) is 0 Å². The number of methoxy groups -OCH3 is 1. The third kappa shape index (κ3) is 3.48. The average molecular weight is 342 g/mol. The van der Waals surface area contributed by atoms with Gasteiger partial charge in [-0.25, -0.2) is 4.98 Å². The second kappa shape index (κ2) is 6.71. The van der Waals surface area contributed by atoms with Crippen molar-refractivity contribution in [3.63, 3.8) is 0 Å². The molecule has 2 aromatic heterocycles. The second-order valence-corrected chi connectivity index (χ2v) is 5.55. The number of piperidine rings is 1. The van der Waals surface area contributed by atoms with E-state index in [0.717, 1.165) is 25.3 Å². The van der Waals surface area contributed by atoms with E-state index in [1.54, 1.807) is 7.11 Å². The Labute approximate surface area is 136 Å². The van der Waals surface area contributed by atoms with E-state index in [4.69, 9.17) is 4.74 Å². The van der Waals surface area contributed by atoms with Gasteiger partial charge in [0, 0.05) is 13.7 Å². The molecule has 130 valence electrons. The molecule has 1 fully saturated rings. The van der Waals surface area contributed by atoms with Crippen LogP contribution < -0.4 is 4.90 Å². The Balaban J connectivity index is 1.83. The number of aromatic nitrogens is 5. The molecule has 1 atom stereocenters. The summed E-state index contributed by atoms with van der Waals surface area (Å²) < 4.78 is 42.9. The van der Waals surface area contributed by atoms with E-state index in [-0.39, 0.29) is 6.04 Å². The van der Waals surface area contributed by atoms with Gasteiger partial charge in [0.25, 0.3) is 0 Å². The molecule has 0 saturated carbocycles. The third-order valence-corrected chi connectivity index (χ3v) is 3.87. The lowest BCUT2D eigenvalue weighted by Crippen LogP contribution is -2.35. The highest BCUT2D eigenvalue weighted by atomic mass is 19.4. The van der Waals surface area contributed by atoms with E-state index < -0.39 is 11.9 Å². The zero-order valence-corrected chi connectivity index (χ0v) is 13.0. The second-order valence-electron chi connectivity index (χ2n) is 5.55. The van der Waals surface area contributed by atoms with Crippen LogP contribution in [0.15, 0.2) is 12.1 Å². The van der Waals surface area contributed by atoms with Crippen LogP contribution in [0.4, 0.5) is 19.0 Å². The maximum Gasteiger partial charge on any atom is 0.435 e. The van der Waals surface area contributed by atoms with Gasteiger partial charge in [-0.05, 0) is 31.4 Å². The monoisotopic (exact) mass is 342 g/mol. The first-order valence-corrected chi connectivity index (χ1v) is 7.56. The summed E-state index contributed by atoms with van der Waals surface area (Å²) in [4.78, 5) is 6.29. The van der Waals surface area contributed by atoms with Crippen LogP contribution in [0, 0.1) is 0 Å². The van der Waals surface area contributed by atoms with Gasteiger partial charge in [-0.3, -0.25) is 5.10 Å². The Morgan fingerprint density at radius 2 is 2.12 bits per heavy atom. The van der Waals surface area contributed by atoms with Crippen LogP contribution in [-0.2, 0) is 17.5 Å². The highest BCUT2D eigenvalue weighted by Crippen LogP contribution is 2.33. The molecule has 0 aromatic carbocycles. The molecule has 0 radical (unpaired) electrons. The van der Waals surface area contributed by atoms with E-state index in [1.807, 2.05) is 4.90 Å². The molecule has 10 heteroatoms. The fourth-order valence-electron chi connectivity index (χ4n) is 2.76. The number of rotatable bonds is 4. The molecule has 24 heavy (non-hydrogen) atoms. The Hall–Kier alpha value is -2.23. The van der Waals surface area contributed by atoms with Crippen LogP contribution in [0.2, 0.25) is 0 Å². The highest BCUT2D eigenvalue weighted by Gasteiger charge is 2.34. The number of halogens is 3. The molecule has 0 bridgehead atoms.